The Labute approximate surface area is 170 Å². The van der Waals surface area contributed by atoms with Crippen LogP contribution in [0.5, 0.6) is 0 Å². The first kappa shape index (κ1) is 18.7. The number of hydrogen-bond acceptors (Lipinski definition) is 7. The van der Waals surface area contributed by atoms with E-state index in [9.17, 15) is 5.26 Å². The van der Waals surface area contributed by atoms with Gasteiger partial charge in [-0.2, -0.15) is 5.26 Å². The highest BCUT2D eigenvalue weighted by Gasteiger charge is 2.36. The molecule has 8 nitrogen and oxygen atoms in total. The molecular weight excluding hydrogens is 364 g/mol. The van der Waals surface area contributed by atoms with Crippen LogP contribution in [-0.2, 0) is 6.54 Å². The van der Waals surface area contributed by atoms with Crippen LogP contribution in [-0.4, -0.2) is 38.8 Å². The summed E-state index contributed by atoms with van der Waals surface area (Å²) in [7, 11) is 0. The summed E-state index contributed by atoms with van der Waals surface area (Å²) in [4.78, 5) is 15.4. The fourth-order valence-electron chi connectivity index (χ4n) is 3.72. The molecule has 2 aromatic heterocycles. The summed E-state index contributed by atoms with van der Waals surface area (Å²) < 4.78 is 1.99. The van der Waals surface area contributed by atoms with Gasteiger partial charge in [0.05, 0.1) is 29.5 Å². The molecule has 3 heterocycles. The first-order valence-corrected chi connectivity index (χ1v) is 9.76. The molecule has 0 aliphatic carbocycles. The second-order valence-electron chi connectivity index (χ2n) is 6.99. The van der Waals surface area contributed by atoms with Crippen LogP contribution in [0.3, 0.4) is 0 Å². The number of hydrogen-bond donors (Lipinski definition) is 2. The van der Waals surface area contributed by atoms with Crippen molar-refractivity contribution in [1.82, 2.24) is 19.5 Å². The highest BCUT2D eigenvalue weighted by molar-refractivity contribution is 5.76. The molecule has 0 spiro atoms. The summed E-state index contributed by atoms with van der Waals surface area (Å²) in [5.74, 6) is 0.101. The van der Waals surface area contributed by atoms with E-state index in [1.807, 2.05) is 35.9 Å². The Hall–Kier alpha value is -3.60. The van der Waals surface area contributed by atoms with Gasteiger partial charge in [0.15, 0.2) is 0 Å². The topological polar surface area (TPSA) is 94.7 Å². The fraction of sp³-hybridized carbons (Fsp3) is 0.333. The molecular formula is C21H24N8. The van der Waals surface area contributed by atoms with Crippen molar-refractivity contribution in [2.75, 3.05) is 28.6 Å². The zero-order valence-electron chi connectivity index (χ0n) is 16.6. The summed E-state index contributed by atoms with van der Waals surface area (Å²) in [5.41, 5.74) is 3.82. The Balaban J connectivity index is 1.55. The number of anilines is 3. The van der Waals surface area contributed by atoms with Crippen LogP contribution < -0.4 is 15.5 Å². The van der Waals surface area contributed by atoms with Gasteiger partial charge in [-0.15, -0.1) is 0 Å². The number of nitriles is 1. The molecule has 29 heavy (non-hydrogen) atoms. The maximum atomic E-state index is 10.0. The number of fused-ring (bicyclic) bond motifs is 1. The normalized spacial score (nSPS) is 16.0. The summed E-state index contributed by atoms with van der Waals surface area (Å²) in [6.07, 6.45) is 7.05. The molecule has 0 saturated heterocycles. The number of aryl methyl sites for hydroxylation is 1. The number of aromatic nitrogens is 4. The van der Waals surface area contributed by atoms with Gasteiger partial charge in [0.25, 0.3) is 0 Å². The van der Waals surface area contributed by atoms with Crippen molar-refractivity contribution in [2.45, 2.75) is 32.5 Å². The molecule has 2 unspecified atom stereocenters. The van der Waals surface area contributed by atoms with Crippen molar-refractivity contribution >= 4 is 17.3 Å². The number of nitrogens with one attached hydrogen (secondary N) is 2. The van der Waals surface area contributed by atoms with E-state index in [4.69, 9.17) is 4.98 Å². The summed E-state index contributed by atoms with van der Waals surface area (Å²) in [5, 5.41) is 16.8. The minimum absolute atomic E-state index is 0.171. The van der Waals surface area contributed by atoms with Gasteiger partial charge in [-0.1, -0.05) is 12.1 Å². The molecule has 0 fully saturated rings. The third kappa shape index (κ3) is 3.72. The summed E-state index contributed by atoms with van der Waals surface area (Å²) >= 11 is 0. The molecule has 8 heteroatoms. The predicted molar refractivity (Wildman–Crippen MR) is 113 cm³/mol. The molecule has 0 amide bonds. The average Bonchev–Trinajstić information content (AvgIpc) is 3.38. The van der Waals surface area contributed by atoms with Gasteiger partial charge in [0.1, 0.15) is 12.1 Å². The molecule has 3 aromatic rings. The highest BCUT2D eigenvalue weighted by Crippen LogP contribution is 2.39. The third-order valence-electron chi connectivity index (χ3n) is 5.17. The Morgan fingerprint density at radius 1 is 1.34 bits per heavy atom. The maximum absolute atomic E-state index is 10.0. The van der Waals surface area contributed by atoms with Gasteiger partial charge in [-0.05, 0) is 31.5 Å². The Bertz CT molecular complexity index is 1010. The van der Waals surface area contributed by atoms with Crippen LogP contribution in [0.2, 0.25) is 0 Å². The van der Waals surface area contributed by atoms with E-state index in [0.29, 0.717) is 12.5 Å². The van der Waals surface area contributed by atoms with Crippen molar-refractivity contribution < 1.29 is 0 Å². The van der Waals surface area contributed by atoms with Crippen LogP contribution in [0.4, 0.5) is 17.3 Å². The van der Waals surface area contributed by atoms with Gasteiger partial charge in [0.2, 0.25) is 5.95 Å². The highest BCUT2D eigenvalue weighted by atomic mass is 15.3. The number of imidazole rings is 1. The number of rotatable bonds is 7. The van der Waals surface area contributed by atoms with E-state index < -0.39 is 5.92 Å². The minimum Gasteiger partial charge on any atom is -0.362 e. The second kappa shape index (κ2) is 8.19. The molecule has 148 valence electrons. The van der Waals surface area contributed by atoms with Crippen LogP contribution >= 0.6 is 0 Å². The number of likely N-dealkylation sites (N-methyl/N-ethyl adjacent to an activating group) is 1. The molecule has 0 radical (unpaired) electrons. The van der Waals surface area contributed by atoms with E-state index in [1.165, 1.54) is 0 Å². The predicted octanol–water partition coefficient (Wildman–Crippen LogP) is 2.98. The Morgan fingerprint density at radius 2 is 2.21 bits per heavy atom. The largest absolute Gasteiger partial charge is 0.362 e. The standard InChI is InChI=1S/C21H24N8/c1-3-29-18-7-5-4-6-17(18)26-20(29)16(12-22)19-15(2)13-25-21(27-19)24-9-11-28-10-8-23-14-28/h4-8,10,13-14,16,20,26H,3,9,11H2,1-2H3,(H,24,25,27). The third-order valence-corrected chi connectivity index (χ3v) is 5.17. The number of para-hydroxylation sites is 2. The molecule has 0 bridgehead atoms. The lowest BCUT2D eigenvalue weighted by Crippen LogP contribution is -2.40. The minimum atomic E-state index is -0.431. The van der Waals surface area contributed by atoms with E-state index in [1.54, 1.807) is 18.7 Å². The van der Waals surface area contributed by atoms with Gasteiger partial charge in [-0.3, -0.25) is 0 Å². The molecule has 2 N–H and O–H groups in total. The van der Waals surface area contributed by atoms with E-state index in [2.05, 4.69) is 44.6 Å². The lowest BCUT2D eigenvalue weighted by molar-refractivity contribution is 0.619. The average molecular weight is 388 g/mol. The van der Waals surface area contributed by atoms with Crippen molar-refractivity contribution in [2.24, 2.45) is 0 Å². The van der Waals surface area contributed by atoms with Crippen LogP contribution in [0, 0.1) is 18.3 Å². The van der Waals surface area contributed by atoms with Crippen molar-refractivity contribution in [1.29, 1.82) is 5.26 Å². The lowest BCUT2D eigenvalue weighted by atomic mass is 9.99. The molecule has 1 aliphatic rings. The van der Waals surface area contributed by atoms with Crippen LogP contribution in [0.1, 0.15) is 24.1 Å². The molecule has 1 aromatic carbocycles. The quantitative estimate of drug-likeness (QED) is 0.642. The fourth-order valence-corrected chi connectivity index (χ4v) is 3.72. The zero-order chi connectivity index (χ0) is 20.2. The maximum Gasteiger partial charge on any atom is 0.222 e. The van der Waals surface area contributed by atoms with Gasteiger partial charge >= 0.3 is 0 Å². The SMILES string of the molecule is CCN1c2ccccc2NC1C(C#N)c1nc(NCCn2ccnc2)ncc1C. The summed E-state index contributed by atoms with van der Waals surface area (Å²) in [6, 6.07) is 10.6. The Kier molecular flexibility index (Phi) is 5.29. The molecule has 2 atom stereocenters. The summed E-state index contributed by atoms with van der Waals surface area (Å²) in [6.45, 7) is 6.28. The van der Waals surface area contributed by atoms with Crippen molar-refractivity contribution in [3.05, 3.63) is 60.4 Å². The van der Waals surface area contributed by atoms with E-state index in [-0.39, 0.29) is 6.17 Å². The van der Waals surface area contributed by atoms with Crippen molar-refractivity contribution in [3.8, 4) is 6.07 Å². The molecule has 0 saturated carbocycles. The first-order chi connectivity index (χ1) is 14.2. The smallest absolute Gasteiger partial charge is 0.222 e. The van der Waals surface area contributed by atoms with E-state index in [0.717, 1.165) is 35.7 Å². The van der Waals surface area contributed by atoms with Crippen molar-refractivity contribution in [3.63, 3.8) is 0 Å². The van der Waals surface area contributed by atoms with Crippen LogP contribution in [0.15, 0.2) is 49.2 Å². The van der Waals surface area contributed by atoms with Crippen LogP contribution in [0.25, 0.3) is 0 Å². The van der Waals surface area contributed by atoms with E-state index >= 15 is 0 Å². The monoisotopic (exact) mass is 388 g/mol. The van der Waals surface area contributed by atoms with Gasteiger partial charge in [0, 0.05) is 38.2 Å². The zero-order valence-corrected chi connectivity index (χ0v) is 16.6. The molecule has 4 rings (SSSR count). The second-order valence-corrected chi connectivity index (χ2v) is 6.99. The number of benzene rings is 1. The first-order valence-electron chi connectivity index (χ1n) is 9.76. The lowest BCUT2D eigenvalue weighted by Gasteiger charge is -2.29. The number of nitrogens with zero attached hydrogens (tertiary/aromatic N) is 6. The van der Waals surface area contributed by atoms with Gasteiger partial charge < -0.3 is 20.1 Å². The van der Waals surface area contributed by atoms with Gasteiger partial charge in [-0.25, -0.2) is 15.0 Å². The Morgan fingerprint density at radius 3 is 2.97 bits per heavy atom. The molecule has 1 aliphatic heterocycles.